The summed E-state index contributed by atoms with van der Waals surface area (Å²) in [7, 11) is 0. The smallest absolute Gasteiger partial charge is 0.352 e. The summed E-state index contributed by atoms with van der Waals surface area (Å²) in [5, 5.41) is 8.75. The van der Waals surface area contributed by atoms with Gasteiger partial charge in [0.1, 0.15) is 5.69 Å². The van der Waals surface area contributed by atoms with Crippen LogP contribution >= 0.6 is 0 Å². The molecular formula is C8H11NO2. The van der Waals surface area contributed by atoms with Crippen molar-refractivity contribution in [2.45, 2.75) is 20.4 Å². The molecule has 0 amide bonds. The van der Waals surface area contributed by atoms with E-state index in [1.807, 2.05) is 13.0 Å². The fourth-order valence-corrected chi connectivity index (χ4v) is 1.14. The van der Waals surface area contributed by atoms with Gasteiger partial charge in [-0.05, 0) is 25.5 Å². The van der Waals surface area contributed by atoms with Crippen molar-refractivity contribution in [1.82, 2.24) is 4.57 Å². The maximum absolute atomic E-state index is 10.6. The first-order valence-electron chi connectivity index (χ1n) is 3.55. The van der Waals surface area contributed by atoms with Gasteiger partial charge in [-0.3, -0.25) is 0 Å². The van der Waals surface area contributed by atoms with E-state index in [9.17, 15) is 4.79 Å². The van der Waals surface area contributed by atoms with Crippen LogP contribution < -0.4 is 0 Å². The van der Waals surface area contributed by atoms with Gasteiger partial charge >= 0.3 is 5.97 Å². The van der Waals surface area contributed by atoms with Gasteiger partial charge in [-0.2, -0.15) is 0 Å². The molecule has 3 nitrogen and oxygen atoms in total. The normalized spacial score (nSPS) is 10.0. The Morgan fingerprint density at radius 1 is 1.73 bits per heavy atom. The standard InChI is InChI=1S/C8H11NO2/c1-3-9-5-4-6(2)7(9)8(10)11/h4-5H,3H2,1-2H3,(H,10,11). The van der Waals surface area contributed by atoms with Gasteiger partial charge in [0.05, 0.1) is 0 Å². The molecule has 0 bridgehead atoms. The number of hydrogen-bond acceptors (Lipinski definition) is 1. The first-order valence-corrected chi connectivity index (χ1v) is 3.55. The van der Waals surface area contributed by atoms with Gasteiger partial charge in [0.2, 0.25) is 0 Å². The lowest BCUT2D eigenvalue weighted by Gasteiger charge is -2.01. The number of rotatable bonds is 2. The molecule has 0 aliphatic heterocycles. The van der Waals surface area contributed by atoms with Crippen molar-refractivity contribution in [2.24, 2.45) is 0 Å². The van der Waals surface area contributed by atoms with E-state index in [0.29, 0.717) is 12.2 Å². The second kappa shape index (κ2) is 2.78. The van der Waals surface area contributed by atoms with Crippen LogP contribution in [0.3, 0.4) is 0 Å². The highest BCUT2D eigenvalue weighted by Gasteiger charge is 2.10. The van der Waals surface area contributed by atoms with Crippen LogP contribution in [0.2, 0.25) is 0 Å². The van der Waals surface area contributed by atoms with Crippen LogP contribution in [0.25, 0.3) is 0 Å². The maximum Gasteiger partial charge on any atom is 0.352 e. The average Bonchev–Trinajstić information content (AvgIpc) is 2.30. The Morgan fingerprint density at radius 2 is 2.36 bits per heavy atom. The first-order chi connectivity index (χ1) is 5.16. The zero-order chi connectivity index (χ0) is 8.43. The summed E-state index contributed by atoms with van der Waals surface area (Å²) in [5.74, 6) is -0.852. The van der Waals surface area contributed by atoms with Crippen molar-refractivity contribution in [3.8, 4) is 0 Å². The van der Waals surface area contributed by atoms with E-state index in [1.165, 1.54) is 0 Å². The zero-order valence-electron chi connectivity index (χ0n) is 6.66. The molecule has 1 heterocycles. The quantitative estimate of drug-likeness (QED) is 0.699. The van der Waals surface area contributed by atoms with E-state index in [-0.39, 0.29) is 0 Å². The number of aromatic carboxylic acids is 1. The van der Waals surface area contributed by atoms with E-state index in [4.69, 9.17) is 5.11 Å². The fraction of sp³-hybridized carbons (Fsp3) is 0.375. The van der Waals surface area contributed by atoms with E-state index in [1.54, 1.807) is 17.7 Å². The van der Waals surface area contributed by atoms with Gasteiger partial charge in [0.15, 0.2) is 0 Å². The summed E-state index contributed by atoms with van der Waals surface area (Å²) in [6.45, 7) is 4.43. The summed E-state index contributed by atoms with van der Waals surface area (Å²) >= 11 is 0. The van der Waals surface area contributed by atoms with Gasteiger partial charge in [-0.15, -0.1) is 0 Å². The zero-order valence-corrected chi connectivity index (χ0v) is 6.66. The van der Waals surface area contributed by atoms with Crippen LogP contribution in [0.4, 0.5) is 0 Å². The number of carbonyl (C=O) groups is 1. The van der Waals surface area contributed by atoms with Gasteiger partial charge in [0.25, 0.3) is 0 Å². The number of aromatic nitrogens is 1. The molecule has 1 N–H and O–H groups in total. The molecule has 0 aliphatic carbocycles. The second-order valence-electron chi connectivity index (χ2n) is 2.44. The van der Waals surface area contributed by atoms with Crippen molar-refractivity contribution in [1.29, 1.82) is 0 Å². The van der Waals surface area contributed by atoms with Crippen LogP contribution in [0.5, 0.6) is 0 Å². The molecule has 0 unspecified atom stereocenters. The molecule has 0 fully saturated rings. The van der Waals surface area contributed by atoms with Crippen molar-refractivity contribution in [2.75, 3.05) is 0 Å². The minimum Gasteiger partial charge on any atom is -0.477 e. The van der Waals surface area contributed by atoms with E-state index in [2.05, 4.69) is 0 Å². The summed E-state index contributed by atoms with van der Waals surface area (Å²) in [6, 6.07) is 1.81. The molecular weight excluding hydrogens is 142 g/mol. The molecule has 0 aliphatic rings. The van der Waals surface area contributed by atoms with Gasteiger partial charge in [0, 0.05) is 12.7 Å². The third kappa shape index (κ3) is 1.27. The Morgan fingerprint density at radius 3 is 2.73 bits per heavy atom. The molecule has 0 aromatic carbocycles. The number of hydrogen-bond donors (Lipinski definition) is 1. The van der Waals surface area contributed by atoms with Crippen LogP contribution in [-0.2, 0) is 6.54 Å². The van der Waals surface area contributed by atoms with Crippen molar-refractivity contribution < 1.29 is 9.90 Å². The maximum atomic E-state index is 10.6. The fourth-order valence-electron chi connectivity index (χ4n) is 1.14. The average molecular weight is 153 g/mol. The lowest BCUT2D eigenvalue weighted by atomic mass is 10.3. The molecule has 11 heavy (non-hydrogen) atoms. The SMILES string of the molecule is CCn1ccc(C)c1C(=O)O. The van der Waals surface area contributed by atoms with Crippen LogP contribution in [0.1, 0.15) is 23.0 Å². The molecule has 3 heteroatoms. The summed E-state index contributed by atoms with van der Waals surface area (Å²) in [5.41, 5.74) is 1.21. The molecule has 0 saturated carbocycles. The lowest BCUT2D eigenvalue weighted by molar-refractivity contribution is 0.0684. The highest BCUT2D eigenvalue weighted by molar-refractivity contribution is 5.87. The minimum atomic E-state index is -0.852. The Labute approximate surface area is 65.3 Å². The highest BCUT2D eigenvalue weighted by Crippen LogP contribution is 2.09. The van der Waals surface area contributed by atoms with Crippen molar-refractivity contribution in [3.63, 3.8) is 0 Å². The Bertz CT molecular complexity index is 276. The van der Waals surface area contributed by atoms with Crippen molar-refractivity contribution >= 4 is 5.97 Å². The Hall–Kier alpha value is -1.25. The molecule has 1 rings (SSSR count). The van der Waals surface area contributed by atoms with Crippen LogP contribution in [0.15, 0.2) is 12.3 Å². The molecule has 0 atom stereocenters. The molecule has 1 aromatic rings. The summed E-state index contributed by atoms with van der Waals surface area (Å²) in [4.78, 5) is 10.6. The predicted octanol–water partition coefficient (Wildman–Crippen LogP) is 1.51. The molecule has 1 aromatic heterocycles. The van der Waals surface area contributed by atoms with E-state index >= 15 is 0 Å². The molecule has 0 radical (unpaired) electrons. The van der Waals surface area contributed by atoms with Gasteiger partial charge < -0.3 is 9.67 Å². The Balaban J connectivity index is 3.17. The third-order valence-electron chi connectivity index (χ3n) is 1.71. The topological polar surface area (TPSA) is 42.2 Å². The van der Waals surface area contributed by atoms with E-state index in [0.717, 1.165) is 5.56 Å². The molecule has 0 spiro atoms. The van der Waals surface area contributed by atoms with Gasteiger partial charge in [-0.1, -0.05) is 0 Å². The monoisotopic (exact) mass is 153 g/mol. The number of aryl methyl sites for hydroxylation is 2. The van der Waals surface area contributed by atoms with E-state index < -0.39 is 5.97 Å². The van der Waals surface area contributed by atoms with Crippen molar-refractivity contribution in [3.05, 3.63) is 23.5 Å². The summed E-state index contributed by atoms with van der Waals surface area (Å²) < 4.78 is 1.72. The third-order valence-corrected chi connectivity index (χ3v) is 1.71. The second-order valence-corrected chi connectivity index (χ2v) is 2.44. The largest absolute Gasteiger partial charge is 0.477 e. The highest BCUT2D eigenvalue weighted by atomic mass is 16.4. The lowest BCUT2D eigenvalue weighted by Crippen LogP contribution is -2.07. The molecule has 60 valence electrons. The Kier molecular flexibility index (Phi) is 1.98. The summed E-state index contributed by atoms with van der Waals surface area (Å²) in [6.07, 6.45) is 1.79. The number of carboxylic acid groups (broad SMARTS) is 1. The number of carboxylic acids is 1. The van der Waals surface area contributed by atoms with Crippen LogP contribution in [0, 0.1) is 6.92 Å². The van der Waals surface area contributed by atoms with Crippen LogP contribution in [-0.4, -0.2) is 15.6 Å². The predicted molar refractivity (Wildman–Crippen MR) is 41.8 cm³/mol. The molecule has 0 saturated heterocycles. The first kappa shape index (κ1) is 7.85. The van der Waals surface area contributed by atoms with Gasteiger partial charge in [-0.25, -0.2) is 4.79 Å². The number of nitrogens with zero attached hydrogens (tertiary/aromatic N) is 1. The minimum absolute atomic E-state index is 0.396.